The summed E-state index contributed by atoms with van der Waals surface area (Å²) < 4.78 is 0. The van der Waals surface area contributed by atoms with Crippen molar-refractivity contribution < 1.29 is 14.7 Å². The molecule has 2 amide bonds. The first-order valence-electron chi connectivity index (χ1n) is 5.50. The molecule has 1 aromatic rings. The van der Waals surface area contributed by atoms with Crippen LogP contribution in [0.5, 0.6) is 0 Å². The van der Waals surface area contributed by atoms with Crippen LogP contribution >= 0.6 is 0 Å². The van der Waals surface area contributed by atoms with Crippen molar-refractivity contribution in [2.75, 3.05) is 4.90 Å². The van der Waals surface area contributed by atoms with E-state index in [4.69, 9.17) is 5.11 Å². The molecule has 0 bridgehead atoms. The minimum atomic E-state index is -1.21. The van der Waals surface area contributed by atoms with E-state index in [2.05, 4.69) is 0 Å². The third-order valence-corrected chi connectivity index (χ3v) is 3.01. The first-order valence-corrected chi connectivity index (χ1v) is 5.50. The van der Waals surface area contributed by atoms with Gasteiger partial charge in [-0.2, -0.15) is 0 Å². The molecule has 17 heavy (non-hydrogen) atoms. The van der Waals surface area contributed by atoms with Gasteiger partial charge < -0.3 is 5.11 Å². The van der Waals surface area contributed by atoms with E-state index in [-0.39, 0.29) is 11.3 Å². The van der Waals surface area contributed by atoms with E-state index in [9.17, 15) is 9.59 Å². The number of nitrogens with zero attached hydrogens (tertiary/aromatic N) is 1. The molecule has 1 N–H and O–H groups in total. The lowest BCUT2D eigenvalue weighted by Gasteiger charge is -2.25. The predicted octanol–water partition coefficient (Wildman–Crippen LogP) is 2.84. The zero-order chi connectivity index (χ0) is 12.8. The van der Waals surface area contributed by atoms with Crippen LogP contribution in [-0.2, 0) is 4.79 Å². The highest BCUT2D eigenvalue weighted by Gasteiger charge is 2.46. The van der Waals surface area contributed by atoms with Crippen LogP contribution in [0.1, 0.15) is 32.3 Å². The van der Waals surface area contributed by atoms with Gasteiger partial charge in [-0.05, 0) is 17.0 Å². The van der Waals surface area contributed by atoms with Crippen molar-refractivity contribution in [1.82, 2.24) is 0 Å². The van der Waals surface area contributed by atoms with Gasteiger partial charge in [-0.3, -0.25) is 4.79 Å². The molecule has 1 aromatic carbocycles. The smallest absolute Gasteiger partial charge is 0.418 e. The quantitative estimate of drug-likeness (QED) is 0.749. The van der Waals surface area contributed by atoms with Gasteiger partial charge in [0.05, 0.1) is 11.6 Å². The van der Waals surface area contributed by atoms with Crippen LogP contribution in [0.3, 0.4) is 0 Å². The van der Waals surface area contributed by atoms with E-state index in [0.29, 0.717) is 5.69 Å². The summed E-state index contributed by atoms with van der Waals surface area (Å²) in [7, 11) is 0. The molecule has 0 fully saturated rings. The van der Waals surface area contributed by atoms with E-state index in [1.54, 1.807) is 12.1 Å². The van der Waals surface area contributed by atoms with Gasteiger partial charge in [0.1, 0.15) is 0 Å². The maximum atomic E-state index is 12.2. The highest BCUT2D eigenvalue weighted by molar-refractivity contribution is 6.18. The number of fused-ring (bicyclic) bond motifs is 1. The summed E-state index contributed by atoms with van der Waals surface area (Å²) in [4.78, 5) is 24.2. The van der Waals surface area contributed by atoms with Gasteiger partial charge >= 0.3 is 6.09 Å². The van der Waals surface area contributed by atoms with Gasteiger partial charge in [-0.15, -0.1) is 0 Å². The number of anilines is 1. The molecule has 1 aliphatic heterocycles. The van der Waals surface area contributed by atoms with E-state index >= 15 is 0 Å². The molecule has 4 nitrogen and oxygen atoms in total. The second kappa shape index (κ2) is 3.58. The minimum absolute atomic E-state index is 0.294. The SMILES string of the molecule is CC(C)(C)C1C(=O)N(C(=O)O)c2ccccc21. The van der Waals surface area contributed by atoms with Crippen LogP contribution in [-0.4, -0.2) is 17.1 Å². The van der Waals surface area contributed by atoms with Crippen molar-refractivity contribution in [3.8, 4) is 0 Å². The Morgan fingerprint density at radius 1 is 1.29 bits per heavy atom. The van der Waals surface area contributed by atoms with Gasteiger partial charge in [-0.25, -0.2) is 9.69 Å². The molecule has 1 aliphatic rings. The van der Waals surface area contributed by atoms with Crippen LogP contribution in [0, 0.1) is 5.41 Å². The van der Waals surface area contributed by atoms with Gasteiger partial charge in [-0.1, -0.05) is 39.0 Å². The zero-order valence-electron chi connectivity index (χ0n) is 10.1. The van der Waals surface area contributed by atoms with E-state index < -0.39 is 12.0 Å². The Labute approximate surface area is 99.9 Å². The molecule has 4 heteroatoms. The fourth-order valence-corrected chi connectivity index (χ4v) is 2.35. The summed E-state index contributed by atoms with van der Waals surface area (Å²) >= 11 is 0. The Morgan fingerprint density at radius 3 is 2.41 bits per heavy atom. The number of hydrogen-bond donors (Lipinski definition) is 1. The standard InChI is InChI=1S/C13H15NO3/c1-13(2,3)10-8-6-4-5-7-9(8)14(11(10)15)12(16)17/h4-7,10H,1-3H3,(H,16,17). The average Bonchev–Trinajstić information content (AvgIpc) is 2.48. The Balaban J connectivity index is 2.61. The van der Waals surface area contributed by atoms with Crippen molar-refractivity contribution in [3.63, 3.8) is 0 Å². The number of carbonyl (C=O) groups excluding carboxylic acids is 1. The number of para-hydroxylation sites is 1. The summed E-state index contributed by atoms with van der Waals surface area (Å²) in [5.41, 5.74) is 0.995. The molecule has 0 radical (unpaired) electrons. The molecule has 0 saturated carbocycles. The predicted molar refractivity (Wildman–Crippen MR) is 64.1 cm³/mol. The number of amides is 2. The molecule has 1 heterocycles. The summed E-state index contributed by atoms with van der Waals surface area (Å²) in [6.45, 7) is 5.83. The Bertz CT molecular complexity index is 488. The lowest BCUT2D eigenvalue weighted by molar-refractivity contribution is -0.120. The number of imide groups is 1. The largest absolute Gasteiger partial charge is 0.464 e. The molecule has 0 aromatic heterocycles. The number of rotatable bonds is 0. The number of hydrogen-bond acceptors (Lipinski definition) is 2. The van der Waals surface area contributed by atoms with E-state index in [1.165, 1.54) is 0 Å². The van der Waals surface area contributed by atoms with E-state index in [0.717, 1.165) is 10.5 Å². The third kappa shape index (κ3) is 1.69. The first-order chi connectivity index (χ1) is 7.84. The molecule has 0 spiro atoms. The Morgan fingerprint density at radius 2 is 1.88 bits per heavy atom. The number of carboxylic acid groups (broad SMARTS) is 1. The number of carbonyl (C=O) groups is 2. The van der Waals surface area contributed by atoms with Crippen molar-refractivity contribution >= 4 is 17.7 Å². The van der Waals surface area contributed by atoms with Crippen molar-refractivity contribution in [2.45, 2.75) is 26.7 Å². The topological polar surface area (TPSA) is 57.6 Å². The van der Waals surface area contributed by atoms with Gasteiger partial charge in [0, 0.05) is 0 Å². The highest BCUT2D eigenvalue weighted by atomic mass is 16.4. The molecule has 1 atom stereocenters. The maximum absolute atomic E-state index is 12.2. The monoisotopic (exact) mass is 233 g/mol. The second-order valence-corrected chi connectivity index (χ2v) is 5.31. The molecule has 1 unspecified atom stereocenters. The molecule has 0 aliphatic carbocycles. The van der Waals surface area contributed by atoms with Crippen molar-refractivity contribution in [3.05, 3.63) is 29.8 Å². The fraction of sp³-hybridized carbons (Fsp3) is 0.385. The zero-order valence-corrected chi connectivity index (χ0v) is 10.1. The van der Waals surface area contributed by atoms with Crippen molar-refractivity contribution in [2.24, 2.45) is 5.41 Å². The van der Waals surface area contributed by atoms with Crippen LogP contribution < -0.4 is 4.90 Å². The van der Waals surface area contributed by atoms with Gasteiger partial charge in [0.25, 0.3) is 0 Å². The molecule has 90 valence electrons. The second-order valence-electron chi connectivity index (χ2n) is 5.31. The van der Waals surface area contributed by atoms with Gasteiger partial charge in [0.2, 0.25) is 5.91 Å². The van der Waals surface area contributed by atoms with Gasteiger partial charge in [0.15, 0.2) is 0 Å². The van der Waals surface area contributed by atoms with Crippen LogP contribution in [0.25, 0.3) is 0 Å². The molecule has 0 saturated heterocycles. The van der Waals surface area contributed by atoms with Crippen LogP contribution in [0.4, 0.5) is 10.5 Å². The van der Waals surface area contributed by atoms with Crippen LogP contribution in [0.2, 0.25) is 0 Å². The lowest BCUT2D eigenvalue weighted by atomic mass is 9.77. The van der Waals surface area contributed by atoms with E-state index in [1.807, 2.05) is 32.9 Å². The molecular weight excluding hydrogens is 218 g/mol. The van der Waals surface area contributed by atoms with Crippen molar-refractivity contribution in [1.29, 1.82) is 0 Å². The maximum Gasteiger partial charge on any atom is 0.418 e. The fourth-order valence-electron chi connectivity index (χ4n) is 2.35. The summed E-state index contributed by atoms with van der Waals surface area (Å²) in [5, 5.41) is 9.12. The van der Waals surface area contributed by atoms with Crippen LogP contribution in [0.15, 0.2) is 24.3 Å². The molecular formula is C13H15NO3. The Hall–Kier alpha value is -1.84. The summed E-state index contributed by atoms with van der Waals surface area (Å²) in [6.07, 6.45) is -1.21. The summed E-state index contributed by atoms with van der Waals surface area (Å²) in [5.74, 6) is -0.749. The molecule has 2 rings (SSSR count). The summed E-state index contributed by atoms with van der Waals surface area (Å²) in [6, 6.07) is 7.07. The lowest BCUT2D eigenvalue weighted by Crippen LogP contribution is -2.37. The average molecular weight is 233 g/mol. The highest BCUT2D eigenvalue weighted by Crippen LogP contribution is 2.46. The Kier molecular flexibility index (Phi) is 2.45. The normalized spacial score (nSPS) is 19.4. The minimum Gasteiger partial charge on any atom is -0.464 e. The number of benzene rings is 1. The first kappa shape index (κ1) is 11.6. The third-order valence-electron chi connectivity index (χ3n) is 3.01.